The third-order valence-electron chi connectivity index (χ3n) is 6.98. The summed E-state index contributed by atoms with van der Waals surface area (Å²) in [6.07, 6.45) is -7.90. The van der Waals surface area contributed by atoms with Gasteiger partial charge in [0.25, 0.3) is 0 Å². The number of benzene rings is 2. The molecule has 0 amide bonds. The van der Waals surface area contributed by atoms with Gasteiger partial charge in [-0.3, -0.25) is 4.79 Å². The highest BCUT2D eigenvalue weighted by Crippen LogP contribution is 2.43. The lowest BCUT2D eigenvalue weighted by molar-refractivity contribution is -0.277. The number of aliphatic hydroxyl groups is 5. The maximum absolute atomic E-state index is 13.2. The molecule has 2 aliphatic rings. The molecule has 2 aromatic carbocycles. The normalized spacial score (nSPS) is 31.1. The minimum Gasteiger partial charge on any atom is -0.504 e. The van der Waals surface area contributed by atoms with Crippen molar-refractivity contribution in [2.75, 3.05) is 34.0 Å². The average Bonchev–Trinajstić information content (AvgIpc) is 3.37. The summed E-state index contributed by atoms with van der Waals surface area (Å²) in [5.74, 6) is -1.08. The quantitative estimate of drug-likeness (QED) is 0.232. The van der Waals surface area contributed by atoms with Gasteiger partial charge in [0.2, 0.25) is 6.29 Å². The van der Waals surface area contributed by atoms with Gasteiger partial charge in [0.05, 0.1) is 39.5 Å². The van der Waals surface area contributed by atoms with Crippen LogP contribution in [0.3, 0.4) is 0 Å². The van der Waals surface area contributed by atoms with E-state index in [-0.39, 0.29) is 42.0 Å². The smallest absolute Gasteiger partial charge is 0.229 e. The third-order valence-corrected chi connectivity index (χ3v) is 6.98. The van der Waals surface area contributed by atoms with Crippen molar-refractivity contribution in [2.45, 2.75) is 36.8 Å². The molecule has 12 heteroatoms. The topological polar surface area (TPSA) is 185 Å². The van der Waals surface area contributed by atoms with E-state index in [1.54, 1.807) is 12.1 Å². The monoisotopic (exact) mass is 536 g/mol. The van der Waals surface area contributed by atoms with E-state index in [1.165, 1.54) is 38.5 Å². The maximum atomic E-state index is 13.2. The van der Waals surface area contributed by atoms with Crippen LogP contribution in [0.2, 0.25) is 0 Å². The zero-order chi connectivity index (χ0) is 27.6. The number of carbonyl (C=O) groups excluding carboxylic acids is 1. The molecule has 0 spiro atoms. The van der Waals surface area contributed by atoms with E-state index < -0.39 is 55.3 Å². The zero-order valence-corrected chi connectivity index (χ0v) is 20.8. The number of rotatable bonds is 9. The average molecular weight is 537 g/mol. The molecular formula is C26H32O12. The third kappa shape index (κ3) is 5.29. The minimum absolute atomic E-state index is 0.0589. The lowest BCUT2D eigenvalue weighted by atomic mass is 9.83. The number of phenols is 1. The second-order valence-electron chi connectivity index (χ2n) is 9.18. The minimum atomic E-state index is -1.60. The summed E-state index contributed by atoms with van der Waals surface area (Å²) in [4.78, 5) is 13.2. The molecule has 0 radical (unpaired) electrons. The Hall–Kier alpha value is -2.97. The Morgan fingerprint density at radius 2 is 1.66 bits per heavy atom. The number of carbonyl (C=O) groups is 1. The van der Waals surface area contributed by atoms with Gasteiger partial charge in [0.1, 0.15) is 24.4 Å². The van der Waals surface area contributed by atoms with Crippen LogP contribution in [0.1, 0.15) is 22.0 Å². The molecule has 8 unspecified atom stereocenters. The Morgan fingerprint density at radius 3 is 2.32 bits per heavy atom. The standard InChI is InChI=1S/C26H32O12/c1-34-18-7-12(3-5-16(18)29)21(30)15-11-36-25(14(15)9-27)13-4-6-17(19(8-13)35-2)37-26-24(33)23(32)22(31)20(10-28)38-26/h3-8,14-15,20,22-29,31-33H,9-11H2,1-2H3. The molecule has 0 bridgehead atoms. The summed E-state index contributed by atoms with van der Waals surface area (Å²) >= 11 is 0. The van der Waals surface area contributed by atoms with Gasteiger partial charge in [-0.05, 0) is 35.9 Å². The highest BCUT2D eigenvalue weighted by atomic mass is 16.7. The van der Waals surface area contributed by atoms with Gasteiger partial charge in [0.15, 0.2) is 28.8 Å². The van der Waals surface area contributed by atoms with Gasteiger partial charge in [-0.15, -0.1) is 0 Å². The first-order chi connectivity index (χ1) is 18.2. The number of aliphatic hydroxyl groups excluding tert-OH is 5. The fraction of sp³-hybridized carbons (Fsp3) is 0.500. The number of ether oxygens (including phenoxy) is 5. The largest absolute Gasteiger partial charge is 0.504 e. The first-order valence-electron chi connectivity index (χ1n) is 12.0. The Bertz CT molecular complexity index is 1120. The van der Waals surface area contributed by atoms with Crippen molar-refractivity contribution in [1.82, 2.24) is 0 Å². The van der Waals surface area contributed by atoms with Crippen molar-refractivity contribution in [3.05, 3.63) is 47.5 Å². The summed E-state index contributed by atoms with van der Waals surface area (Å²) in [7, 11) is 2.77. The Labute approximate surface area is 218 Å². The molecule has 0 saturated carbocycles. The van der Waals surface area contributed by atoms with Crippen LogP contribution in [-0.2, 0) is 9.47 Å². The molecule has 2 heterocycles. The Kier molecular flexibility index (Phi) is 8.73. The van der Waals surface area contributed by atoms with Crippen molar-refractivity contribution >= 4 is 5.78 Å². The summed E-state index contributed by atoms with van der Waals surface area (Å²) in [6, 6.07) is 9.05. The predicted octanol–water partition coefficient (Wildman–Crippen LogP) is -0.233. The lowest BCUT2D eigenvalue weighted by Crippen LogP contribution is -2.60. The molecule has 0 aliphatic carbocycles. The second-order valence-corrected chi connectivity index (χ2v) is 9.18. The van der Waals surface area contributed by atoms with Crippen molar-refractivity contribution in [3.63, 3.8) is 0 Å². The van der Waals surface area contributed by atoms with Gasteiger partial charge in [0, 0.05) is 18.1 Å². The van der Waals surface area contributed by atoms with Gasteiger partial charge >= 0.3 is 0 Å². The molecule has 208 valence electrons. The highest BCUT2D eigenvalue weighted by molar-refractivity contribution is 5.99. The fourth-order valence-corrected chi connectivity index (χ4v) is 4.80. The predicted molar refractivity (Wildman–Crippen MR) is 129 cm³/mol. The van der Waals surface area contributed by atoms with E-state index in [4.69, 9.17) is 23.7 Å². The molecule has 2 aliphatic heterocycles. The zero-order valence-electron chi connectivity index (χ0n) is 20.8. The first kappa shape index (κ1) is 28.0. The summed E-state index contributed by atoms with van der Waals surface area (Å²) in [5, 5.41) is 59.7. The van der Waals surface area contributed by atoms with Crippen molar-refractivity contribution in [2.24, 2.45) is 11.8 Å². The number of hydrogen-bond donors (Lipinski definition) is 6. The second kappa shape index (κ2) is 11.8. The summed E-state index contributed by atoms with van der Waals surface area (Å²) in [5.41, 5.74) is 0.911. The fourth-order valence-electron chi connectivity index (χ4n) is 4.80. The number of phenolic OH excluding ortho intramolecular Hbond substituents is 1. The molecule has 6 N–H and O–H groups in total. The molecule has 12 nitrogen and oxygen atoms in total. The molecule has 0 aromatic heterocycles. The van der Waals surface area contributed by atoms with Crippen molar-refractivity contribution < 1.29 is 59.1 Å². The van der Waals surface area contributed by atoms with Crippen molar-refractivity contribution in [1.29, 1.82) is 0 Å². The number of methoxy groups -OCH3 is 2. The van der Waals surface area contributed by atoms with Crippen LogP contribution in [-0.4, -0.2) is 101 Å². The molecule has 38 heavy (non-hydrogen) atoms. The highest BCUT2D eigenvalue weighted by Gasteiger charge is 2.45. The number of Topliss-reactive ketones (excluding diaryl/α,β-unsaturated/α-hetero) is 1. The van der Waals surface area contributed by atoms with E-state index in [0.717, 1.165) is 0 Å². The van der Waals surface area contributed by atoms with Crippen LogP contribution in [0.15, 0.2) is 36.4 Å². The van der Waals surface area contributed by atoms with Crippen LogP contribution < -0.4 is 14.2 Å². The van der Waals surface area contributed by atoms with Crippen molar-refractivity contribution in [3.8, 4) is 23.0 Å². The van der Waals surface area contributed by atoms with Gasteiger partial charge < -0.3 is 54.3 Å². The van der Waals surface area contributed by atoms with Gasteiger partial charge in [-0.25, -0.2) is 0 Å². The number of hydrogen-bond acceptors (Lipinski definition) is 12. The first-order valence-corrected chi connectivity index (χ1v) is 12.0. The van der Waals surface area contributed by atoms with E-state index in [9.17, 15) is 35.4 Å². The molecular weight excluding hydrogens is 504 g/mol. The Balaban J connectivity index is 1.53. The van der Waals surface area contributed by atoms with Gasteiger partial charge in [-0.2, -0.15) is 0 Å². The van der Waals surface area contributed by atoms with E-state index >= 15 is 0 Å². The van der Waals surface area contributed by atoms with Crippen LogP contribution in [0.5, 0.6) is 23.0 Å². The van der Waals surface area contributed by atoms with Crippen LogP contribution in [0.4, 0.5) is 0 Å². The SMILES string of the molecule is COc1cc(C(=O)C2COC(c3ccc(OC4OC(CO)C(O)C(O)C4O)c(OC)c3)C2CO)ccc1O. The summed E-state index contributed by atoms with van der Waals surface area (Å²) in [6.45, 7) is -0.871. The lowest BCUT2D eigenvalue weighted by Gasteiger charge is -2.39. The number of ketones is 1. The Morgan fingerprint density at radius 1 is 0.921 bits per heavy atom. The molecule has 2 fully saturated rings. The molecule has 4 rings (SSSR count). The maximum Gasteiger partial charge on any atom is 0.229 e. The van der Waals surface area contributed by atoms with E-state index in [1.807, 2.05) is 0 Å². The van der Waals surface area contributed by atoms with Crippen LogP contribution in [0.25, 0.3) is 0 Å². The van der Waals surface area contributed by atoms with Crippen LogP contribution >= 0.6 is 0 Å². The molecule has 2 saturated heterocycles. The van der Waals surface area contributed by atoms with E-state index in [0.29, 0.717) is 11.1 Å². The summed E-state index contributed by atoms with van der Waals surface area (Å²) < 4.78 is 27.5. The van der Waals surface area contributed by atoms with Gasteiger partial charge in [-0.1, -0.05) is 6.07 Å². The van der Waals surface area contributed by atoms with Crippen LogP contribution in [0, 0.1) is 11.8 Å². The molecule has 2 aromatic rings. The number of aromatic hydroxyl groups is 1. The van der Waals surface area contributed by atoms with E-state index in [2.05, 4.69) is 0 Å². The molecule has 8 atom stereocenters.